The van der Waals surface area contributed by atoms with E-state index in [4.69, 9.17) is 4.74 Å². The number of phenolic OH excluding ortho intramolecular Hbond substituents is 1. The number of aromatic hydroxyl groups is 1. The lowest BCUT2D eigenvalue weighted by Gasteiger charge is -2.40. The van der Waals surface area contributed by atoms with Crippen molar-refractivity contribution in [3.8, 4) is 22.9 Å². The van der Waals surface area contributed by atoms with Crippen LogP contribution in [0.25, 0.3) is 32.8 Å². The molecule has 0 aliphatic carbocycles. The minimum atomic E-state index is -1.01. The lowest BCUT2D eigenvalue weighted by Crippen LogP contribution is -2.55. The first-order valence-corrected chi connectivity index (χ1v) is 15.8. The molecule has 4 atom stereocenters. The van der Waals surface area contributed by atoms with Crippen LogP contribution in [0.5, 0.6) is 11.8 Å². The van der Waals surface area contributed by atoms with Gasteiger partial charge >= 0.3 is 12.1 Å². The van der Waals surface area contributed by atoms with Crippen LogP contribution in [0.3, 0.4) is 0 Å². The third-order valence-electron chi connectivity index (χ3n) is 10.4. The highest BCUT2D eigenvalue weighted by Gasteiger charge is 2.49. The summed E-state index contributed by atoms with van der Waals surface area (Å²) < 4.78 is 37.7. The lowest BCUT2D eigenvalue weighted by atomic mass is 9.94. The van der Waals surface area contributed by atoms with Crippen LogP contribution in [0.2, 0.25) is 0 Å². The van der Waals surface area contributed by atoms with Crippen LogP contribution < -0.4 is 9.64 Å². The van der Waals surface area contributed by atoms with E-state index in [2.05, 4.69) is 14.9 Å². The topological polar surface area (TPSA) is 145 Å². The summed E-state index contributed by atoms with van der Waals surface area (Å²) in [4.78, 5) is 38.4. The van der Waals surface area contributed by atoms with Gasteiger partial charge in [0.2, 0.25) is 0 Å². The predicted molar refractivity (Wildman–Crippen MR) is 168 cm³/mol. The molecule has 14 heteroatoms. The number of carboxylic acid groups (broad SMARTS) is 1. The molecule has 3 aromatic carbocycles. The third kappa shape index (κ3) is 4.76. The number of piperazine rings is 1. The van der Waals surface area contributed by atoms with E-state index in [0.717, 1.165) is 19.4 Å². The Morgan fingerprint density at radius 2 is 1.87 bits per heavy atom. The molecule has 2 bridgehead atoms. The maximum absolute atomic E-state index is 17.0. The van der Waals surface area contributed by atoms with Crippen LogP contribution in [-0.2, 0) is 0 Å². The highest BCUT2D eigenvalue weighted by molar-refractivity contribution is 6.04. The number of hydrogen-bond acceptors (Lipinski definition) is 9. The molecule has 0 unspecified atom stereocenters. The number of halogens is 2. The SMILES string of the molecule is O=C(O)N1[C@@H]2CC[C@H]1CN(c1nc(OC[C@@]34CCCN3C[C@H](F)C4)nc3c(F)c(-c4cc(O)cc5ccccc45)c([N+](=O)[O-])cc13)C2. The normalized spacial score (nSPS) is 25.5. The summed E-state index contributed by atoms with van der Waals surface area (Å²) in [6.45, 7) is 1.68. The van der Waals surface area contributed by atoms with Crippen molar-refractivity contribution in [3.63, 3.8) is 0 Å². The molecule has 4 fully saturated rings. The Kier molecular flexibility index (Phi) is 6.83. The summed E-state index contributed by atoms with van der Waals surface area (Å²) in [5, 5.41) is 34.1. The number of benzene rings is 3. The smallest absolute Gasteiger partial charge is 0.407 e. The number of amides is 1. The number of nitrogens with zero attached hydrogens (tertiary/aromatic N) is 6. The zero-order valence-electron chi connectivity index (χ0n) is 25.3. The van der Waals surface area contributed by atoms with Gasteiger partial charge in [0, 0.05) is 37.7 Å². The number of hydrogen-bond donors (Lipinski definition) is 2. The molecule has 1 aromatic heterocycles. The molecule has 1 amide bonds. The van der Waals surface area contributed by atoms with Gasteiger partial charge in [0.1, 0.15) is 29.9 Å². The second-order valence-electron chi connectivity index (χ2n) is 13.1. The van der Waals surface area contributed by atoms with Gasteiger partial charge < -0.3 is 19.8 Å². The van der Waals surface area contributed by atoms with E-state index in [1.807, 2.05) is 4.90 Å². The summed E-state index contributed by atoms with van der Waals surface area (Å²) in [6.07, 6.45) is 1.24. The van der Waals surface area contributed by atoms with Gasteiger partial charge in [-0.25, -0.2) is 13.6 Å². The number of fused-ring (bicyclic) bond motifs is 5. The average Bonchev–Trinajstić information content (AvgIpc) is 3.66. The van der Waals surface area contributed by atoms with Crippen molar-refractivity contribution in [2.24, 2.45) is 0 Å². The molecular weight excluding hydrogens is 614 g/mol. The van der Waals surface area contributed by atoms with Gasteiger partial charge in [0.05, 0.1) is 33.5 Å². The van der Waals surface area contributed by atoms with Gasteiger partial charge in [-0.15, -0.1) is 0 Å². The van der Waals surface area contributed by atoms with Crippen LogP contribution in [0.1, 0.15) is 32.1 Å². The van der Waals surface area contributed by atoms with Crippen molar-refractivity contribution in [1.82, 2.24) is 19.8 Å². The molecule has 0 spiro atoms. The van der Waals surface area contributed by atoms with Gasteiger partial charge in [-0.2, -0.15) is 9.97 Å². The Hall–Kier alpha value is -4.85. The molecule has 4 saturated heterocycles. The number of anilines is 1. The molecular formula is C33H32F2N6O6. The molecule has 12 nitrogen and oxygen atoms in total. The maximum Gasteiger partial charge on any atom is 0.407 e. The van der Waals surface area contributed by atoms with E-state index in [1.165, 1.54) is 23.1 Å². The van der Waals surface area contributed by atoms with E-state index in [9.17, 15) is 29.5 Å². The van der Waals surface area contributed by atoms with Crippen molar-refractivity contribution >= 4 is 39.3 Å². The number of alkyl halides is 1. The largest absolute Gasteiger partial charge is 0.508 e. The molecule has 4 aliphatic heterocycles. The first-order chi connectivity index (χ1) is 22.6. The molecule has 5 heterocycles. The van der Waals surface area contributed by atoms with Crippen molar-refractivity contribution in [2.45, 2.75) is 55.9 Å². The molecule has 47 heavy (non-hydrogen) atoms. The van der Waals surface area contributed by atoms with Crippen molar-refractivity contribution in [3.05, 3.63) is 58.4 Å². The number of ether oxygens (including phenoxy) is 1. The summed E-state index contributed by atoms with van der Waals surface area (Å²) in [5.41, 5.74) is -1.47. The van der Waals surface area contributed by atoms with Crippen molar-refractivity contribution in [1.29, 1.82) is 0 Å². The standard InChI is InChI=1S/C33H32F2N6O6/c34-19-13-33(8-3-9-39(33)14-19)17-47-31-36-29-25(30(37-31)38-15-20-6-7-21(16-38)40(20)32(43)44)12-26(41(45)46)27(28(29)35)24-11-22(42)10-18-4-1-2-5-23(18)24/h1-2,4-5,10-12,19-21,42H,3,6-9,13-17H2,(H,43,44)/t19-,20-,21+,33+/m1/s1. The minimum Gasteiger partial charge on any atom is -0.508 e. The quantitative estimate of drug-likeness (QED) is 0.204. The molecule has 4 aliphatic rings. The highest BCUT2D eigenvalue weighted by atomic mass is 19.1. The van der Waals surface area contributed by atoms with Crippen molar-refractivity contribution in [2.75, 3.05) is 37.7 Å². The number of carbonyl (C=O) groups is 1. The van der Waals surface area contributed by atoms with Crippen LogP contribution in [0.15, 0.2) is 42.5 Å². The number of phenols is 1. The van der Waals surface area contributed by atoms with Crippen LogP contribution in [-0.4, -0.2) is 97.6 Å². The van der Waals surface area contributed by atoms with Gasteiger partial charge in [0.15, 0.2) is 5.82 Å². The van der Waals surface area contributed by atoms with Gasteiger partial charge in [-0.3, -0.25) is 19.9 Å². The Bertz CT molecular complexity index is 1950. The zero-order chi connectivity index (χ0) is 32.6. The highest BCUT2D eigenvalue weighted by Crippen LogP contribution is 2.45. The van der Waals surface area contributed by atoms with E-state index >= 15 is 4.39 Å². The Balaban J connectivity index is 1.30. The van der Waals surface area contributed by atoms with E-state index in [1.54, 1.807) is 24.3 Å². The fourth-order valence-electron chi connectivity index (χ4n) is 8.42. The third-order valence-corrected chi connectivity index (χ3v) is 10.4. The Morgan fingerprint density at radius 1 is 1.11 bits per heavy atom. The lowest BCUT2D eigenvalue weighted by molar-refractivity contribution is -0.384. The van der Waals surface area contributed by atoms with Crippen molar-refractivity contribution < 1.29 is 33.4 Å². The van der Waals surface area contributed by atoms with Gasteiger partial charge in [-0.05, 0) is 55.1 Å². The second kappa shape index (κ2) is 10.9. The van der Waals surface area contributed by atoms with Crippen LogP contribution >= 0.6 is 0 Å². The molecule has 244 valence electrons. The van der Waals surface area contributed by atoms with E-state index < -0.39 is 34.2 Å². The van der Waals surface area contributed by atoms with Gasteiger partial charge in [-0.1, -0.05) is 24.3 Å². The van der Waals surface area contributed by atoms with Gasteiger partial charge in [0.25, 0.3) is 5.69 Å². The average molecular weight is 647 g/mol. The molecule has 2 N–H and O–H groups in total. The van der Waals surface area contributed by atoms with E-state index in [0.29, 0.717) is 36.6 Å². The summed E-state index contributed by atoms with van der Waals surface area (Å²) in [6, 6.07) is 10.1. The van der Waals surface area contributed by atoms with E-state index in [-0.39, 0.29) is 71.4 Å². The Labute approximate surface area is 267 Å². The zero-order valence-corrected chi connectivity index (χ0v) is 25.3. The molecule has 8 rings (SSSR count). The first kappa shape index (κ1) is 29.5. The predicted octanol–water partition coefficient (Wildman–Crippen LogP) is 5.49. The van der Waals surface area contributed by atoms with Crippen LogP contribution in [0.4, 0.5) is 25.1 Å². The van der Waals surface area contributed by atoms with Crippen LogP contribution in [0, 0.1) is 15.9 Å². The number of nitro benzene ring substituents is 1. The number of aromatic nitrogens is 2. The summed E-state index contributed by atoms with van der Waals surface area (Å²) >= 11 is 0. The fourth-order valence-corrected chi connectivity index (χ4v) is 8.42. The minimum absolute atomic E-state index is 0.0864. The maximum atomic E-state index is 17.0. The first-order valence-electron chi connectivity index (χ1n) is 15.8. The Morgan fingerprint density at radius 3 is 2.62 bits per heavy atom. The second-order valence-corrected chi connectivity index (χ2v) is 13.1. The summed E-state index contributed by atoms with van der Waals surface area (Å²) in [7, 11) is 0. The fraction of sp³-hybridized carbons (Fsp3) is 0.424. The summed E-state index contributed by atoms with van der Waals surface area (Å²) in [5.74, 6) is -0.956. The monoisotopic (exact) mass is 646 g/mol. The molecule has 0 radical (unpaired) electrons. The molecule has 0 saturated carbocycles. The number of nitro groups is 1. The number of rotatable bonds is 6. The molecule has 4 aromatic rings.